The van der Waals surface area contributed by atoms with Crippen molar-refractivity contribution in [3.05, 3.63) is 118 Å². The predicted molar refractivity (Wildman–Crippen MR) is 258 cm³/mol. The lowest BCUT2D eigenvalue weighted by Gasteiger charge is -2.39. The highest BCUT2D eigenvalue weighted by atomic mass is 32.2. The number of fused-ring (bicyclic) bond motifs is 1. The van der Waals surface area contributed by atoms with Crippen LogP contribution in [0, 0.1) is 27.4 Å². The van der Waals surface area contributed by atoms with E-state index in [4.69, 9.17) is 4.74 Å². The number of rotatable bonds is 14. The summed E-state index contributed by atoms with van der Waals surface area (Å²) in [5, 5.41) is 16.1. The Labute approximate surface area is 399 Å². The first kappa shape index (κ1) is 49.0. The van der Waals surface area contributed by atoms with Crippen molar-refractivity contribution in [2.75, 3.05) is 62.6 Å². The number of piperidine rings is 1. The quantitative estimate of drug-likeness (QED) is 0.0712. The molecule has 4 heterocycles. The largest absolute Gasteiger partial charge is 0.455 e. The number of sulfonamides is 1. The third kappa shape index (κ3) is 11.5. The van der Waals surface area contributed by atoms with E-state index in [-0.39, 0.29) is 40.2 Å². The highest BCUT2D eigenvalue weighted by Crippen LogP contribution is 2.44. The molecule has 5 aromatic rings. The Morgan fingerprint density at radius 2 is 1.70 bits per heavy atom. The second-order valence-electron chi connectivity index (χ2n) is 19.3. The molecule has 2 aliphatic heterocycles. The number of nitrogens with one attached hydrogen (secondary N) is 3. The van der Waals surface area contributed by atoms with Gasteiger partial charge in [0, 0.05) is 87.7 Å². The minimum atomic E-state index is -4.64. The fourth-order valence-corrected chi connectivity index (χ4v) is 10.4. The maximum Gasteiger partial charge on any atom is 0.416 e. The summed E-state index contributed by atoms with van der Waals surface area (Å²) in [7, 11) is -4.64. The van der Waals surface area contributed by atoms with Gasteiger partial charge in [0.1, 0.15) is 22.8 Å². The third-order valence-corrected chi connectivity index (χ3v) is 14.7. The molecule has 0 spiro atoms. The zero-order valence-corrected chi connectivity index (χ0v) is 39.9. The molecule has 0 radical (unpaired) electrons. The molecule has 2 saturated heterocycles. The van der Waals surface area contributed by atoms with Crippen LogP contribution in [-0.4, -0.2) is 97.3 Å². The first-order valence-corrected chi connectivity index (χ1v) is 24.7. The van der Waals surface area contributed by atoms with Crippen molar-refractivity contribution in [2.24, 2.45) is 17.3 Å². The molecule has 1 aliphatic carbocycles. The van der Waals surface area contributed by atoms with Crippen LogP contribution in [-0.2, 0) is 21.0 Å². The van der Waals surface area contributed by atoms with E-state index in [1.165, 1.54) is 30.0 Å². The number of halogens is 3. The summed E-state index contributed by atoms with van der Waals surface area (Å²) < 4.78 is 76.1. The molecule has 15 nitrogen and oxygen atoms in total. The molecule has 3 aromatic carbocycles. The SMILES string of the molecule is CC(C)C(=O)N1CCC(CNc2ccc(S(=O)(=O)NC(=O)c3ccc(N4CCN(CC5=C(c6ccc(C(F)(F)F)cc6)CC(C)(C)CC5)CC4)cc3Oc3cnc4[nH]ccc4c3)cc2[N+](=O)[O-])CC1. The van der Waals surface area contributed by atoms with Gasteiger partial charge in [-0.15, -0.1) is 0 Å². The number of allylic oxidation sites excluding steroid dienone is 1. The van der Waals surface area contributed by atoms with Gasteiger partial charge in [0.15, 0.2) is 0 Å². The van der Waals surface area contributed by atoms with Crippen LogP contribution in [0.15, 0.2) is 95.7 Å². The summed E-state index contributed by atoms with van der Waals surface area (Å²) in [5.74, 6) is -0.531. The number of anilines is 2. The van der Waals surface area contributed by atoms with E-state index in [1.807, 2.05) is 24.8 Å². The Morgan fingerprint density at radius 3 is 2.38 bits per heavy atom. The van der Waals surface area contributed by atoms with Crippen LogP contribution in [0.5, 0.6) is 11.5 Å². The van der Waals surface area contributed by atoms with Gasteiger partial charge in [-0.2, -0.15) is 13.2 Å². The molecule has 19 heteroatoms. The lowest BCUT2D eigenvalue weighted by Crippen LogP contribution is -2.47. The highest BCUT2D eigenvalue weighted by Gasteiger charge is 2.33. The number of nitrogens with zero attached hydrogens (tertiary/aromatic N) is 5. The number of likely N-dealkylation sites (tertiary alicyclic amines) is 1. The van der Waals surface area contributed by atoms with Crippen LogP contribution in [0.4, 0.5) is 30.2 Å². The van der Waals surface area contributed by atoms with Crippen LogP contribution in [0.1, 0.15) is 81.3 Å². The van der Waals surface area contributed by atoms with Crippen molar-refractivity contribution in [1.29, 1.82) is 0 Å². The Hall–Kier alpha value is -6.47. The van der Waals surface area contributed by atoms with E-state index in [9.17, 15) is 41.3 Å². The molecule has 2 amide bonds. The number of carbonyl (C=O) groups is 2. The van der Waals surface area contributed by atoms with Gasteiger partial charge in [0.25, 0.3) is 21.6 Å². The van der Waals surface area contributed by atoms with Gasteiger partial charge in [-0.05, 0) is 103 Å². The number of H-pyrrole nitrogens is 1. The van der Waals surface area contributed by atoms with Gasteiger partial charge in [0.2, 0.25) is 5.91 Å². The maximum atomic E-state index is 14.0. The zero-order chi connectivity index (χ0) is 49.3. The molecule has 3 N–H and O–H groups in total. The number of benzene rings is 3. The predicted octanol–water partition coefficient (Wildman–Crippen LogP) is 9.49. The lowest BCUT2D eigenvalue weighted by molar-refractivity contribution is -0.384. The van der Waals surface area contributed by atoms with Gasteiger partial charge in [-0.1, -0.05) is 45.4 Å². The van der Waals surface area contributed by atoms with Gasteiger partial charge in [0.05, 0.1) is 27.1 Å². The molecule has 2 fully saturated rings. The summed E-state index contributed by atoms with van der Waals surface area (Å²) in [5.41, 5.74) is 3.36. The molecule has 0 atom stereocenters. The molecule has 0 unspecified atom stereocenters. The minimum Gasteiger partial charge on any atom is -0.455 e. The van der Waals surface area contributed by atoms with E-state index in [1.54, 1.807) is 36.5 Å². The number of carbonyl (C=O) groups excluding carboxylic acids is 2. The van der Waals surface area contributed by atoms with Crippen LogP contribution in [0.3, 0.4) is 0 Å². The molecule has 0 saturated carbocycles. The maximum absolute atomic E-state index is 14.0. The Kier molecular flexibility index (Phi) is 14.1. The molecule has 69 heavy (non-hydrogen) atoms. The zero-order valence-electron chi connectivity index (χ0n) is 39.1. The fourth-order valence-electron chi connectivity index (χ4n) is 9.38. The average Bonchev–Trinajstić information content (AvgIpc) is 3.79. The van der Waals surface area contributed by atoms with Crippen molar-refractivity contribution < 1.29 is 40.8 Å². The Balaban J connectivity index is 0.974. The second-order valence-corrected chi connectivity index (χ2v) is 21.0. The summed E-state index contributed by atoms with van der Waals surface area (Å²) in [6.07, 6.45) is 2.81. The lowest BCUT2D eigenvalue weighted by atomic mass is 9.72. The average molecular weight is 971 g/mol. The first-order chi connectivity index (χ1) is 32.7. The van der Waals surface area contributed by atoms with Gasteiger partial charge < -0.3 is 24.8 Å². The molecule has 8 rings (SSSR count). The number of hydrogen-bond donors (Lipinski definition) is 3. The van der Waals surface area contributed by atoms with Crippen LogP contribution in [0.25, 0.3) is 16.6 Å². The van der Waals surface area contributed by atoms with Gasteiger partial charge in [-0.3, -0.25) is 24.6 Å². The van der Waals surface area contributed by atoms with Crippen LogP contribution in [0.2, 0.25) is 0 Å². The van der Waals surface area contributed by atoms with E-state index < -0.39 is 43.2 Å². The van der Waals surface area contributed by atoms with Gasteiger partial charge in [-0.25, -0.2) is 18.1 Å². The standard InChI is InChI=1S/C50H57F3N8O7S/c1-32(2)48(63)60-19-15-33(16-20-60)29-55-43-12-10-40(27-44(43)61(64)65)69(66,67)57-47(62)41-11-9-38(26-45(41)68-39-25-35-14-18-54-46(35)56-30-39)59-23-21-58(22-24-59)31-36-13-17-49(3,4)28-42(36)34-5-7-37(8-6-34)50(51,52)53/h5-12,14,18,25-27,30,32-33,55H,13,15-17,19-24,28-29,31H2,1-4H3,(H,54,56)(H,57,62). The number of amides is 2. The highest BCUT2D eigenvalue weighted by molar-refractivity contribution is 7.90. The molecular formula is C50H57F3N8O7S. The van der Waals surface area contributed by atoms with Crippen molar-refractivity contribution in [3.8, 4) is 11.5 Å². The summed E-state index contributed by atoms with van der Waals surface area (Å²) in [4.78, 5) is 51.2. The molecule has 366 valence electrons. The monoisotopic (exact) mass is 970 g/mol. The molecular weight excluding hydrogens is 914 g/mol. The van der Waals surface area contributed by atoms with E-state index in [0.717, 1.165) is 72.5 Å². The number of ether oxygens (including phenoxy) is 1. The van der Waals surface area contributed by atoms with E-state index >= 15 is 0 Å². The van der Waals surface area contributed by atoms with Crippen molar-refractivity contribution in [2.45, 2.75) is 70.9 Å². The number of piperazine rings is 1. The number of nitro benzene ring substituents is 1. The van der Waals surface area contributed by atoms with E-state index in [2.05, 4.69) is 43.7 Å². The molecule has 3 aliphatic rings. The Morgan fingerprint density at radius 1 is 0.971 bits per heavy atom. The van der Waals surface area contributed by atoms with Crippen LogP contribution < -0.4 is 19.7 Å². The third-order valence-electron chi connectivity index (χ3n) is 13.4. The molecule has 2 aromatic heterocycles. The normalized spacial score (nSPS) is 17.3. The topological polar surface area (TPSA) is 183 Å². The number of hydrogen-bond acceptors (Lipinski definition) is 11. The first-order valence-electron chi connectivity index (χ1n) is 23.2. The van der Waals surface area contributed by atoms with Gasteiger partial charge >= 0.3 is 6.18 Å². The molecule has 0 bridgehead atoms. The van der Waals surface area contributed by atoms with Crippen molar-refractivity contribution >= 4 is 55.5 Å². The summed E-state index contributed by atoms with van der Waals surface area (Å²) in [6, 6.07) is 17.3. The minimum absolute atomic E-state index is 0.0115. The number of alkyl halides is 3. The van der Waals surface area contributed by atoms with Crippen LogP contribution >= 0.6 is 0 Å². The number of aromatic amines is 1. The number of pyridine rings is 1. The summed E-state index contributed by atoms with van der Waals surface area (Å²) >= 11 is 0. The van der Waals surface area contributed by atoms with Crippen molar-refractivity contribution in [3.63, 3.8) is 0 Å². The summed E-state index contributed by atoms with van der Waals surface area (Å²) in [6.45, 7) is 12.9. The van der Waals surface area contributed by atoms with Crippen molar-refractivity contribution in [1.82, 2.24) is 24.5 Å². The smallest absolute Gasteiger partial charge is 0.416 e. The Bertz CT molecular complexity index is 2870. The van der Waals surface area contributed by atoms with E-state index in [0.29, 0.717) is 63.8 Å². The number of aromatic nitrogens is 2. The fraction of sp³-hybridized carbons (Fsp3) is 0.420. The number of nitro groups is 1. The second kappa shape index (κ2) is 19.9.